The summed E-state index contributed by atoms with van der Waals surface area (Å²) in [6.45, 7) is 19.8. The lowest BCUT2D eigenvalue weighted by Gasteiger charge is -2.25. The molecular weight excluding hydrogens is 510 g/mol. The van der Waals surface area contributed by atoms with Gasteiger partial charge >= 0.3 is 6.09 Å². The van der Waals surface area contributed by atoms with Crippen LogP contribution < -0.4 is 0 Å². The fourth-order valence-corrected chi connectivity index (χ4v) is 3.99. The Morgan fingerprint density at radius 1 is 0.805 bits per heavy atom. The molecule has 0 spiro atoms. The van der Waals surface area contributed by atoms with Gasteiger partial charge in [0, 0.05) is 12.5 Å². The number of imide groups is 1. The van der Waals surface area contributed by atoms with Crippen LogP contribution in [-0.4, -0.2) is 36.2 Å². The number of carbonyl (C=O) groups is 2. The molecule has 0 N–H and O–H groups in total. The summed E-state index contributed by atoms with van der Waals surface area (Å²) in [6, 6.07) is 19.7. The van der Waals surface area contributed by atoms with Crippen molar-refractivity contribution in [1.29, 1.82) is 0 Å². The second-order valence-electron chi connectivity index (χ2n) is 9.15. The Bertz CT molecular complexity index is 839. The summed E-state index contributed by atoms with van der Waals surface area (Å²) in [7, 11) is 0. The lowest BCUT2D eigenvalue weighted by Crippen LogP contribution is -2.43. The number of carbonyl (C=O) groups excluding carboxylic acids is 2. The van der Waals surface area contributed by atoms with E-state index >= 15 is 0 Å². The Kier molecular flexibility index (Phi) is 28.5. The molecule has 2 aromatic rings. The Balaban J connectivity index is 0. The van der Waals surface area contributed by atoms with Gasteiger partial charge in [-0.2, -0.15) is 0 Å². The van der Waals surface area contributed by atoms with Crippen LogP contribution in [0.5, 0.6) is 0 Å². The van der Waals surface area contributed by atoms with Gasteiger partial charge in [0.2, 0.25) is 5.91 Å². The maximum atomic E-state index is 13.4. The SMILES string of the molecule is CC.CC.CC.CCCC.CCCCCC(CCOCc1ccccc1)C(=O)N1C(=O)OCC1Cc1ccccc1. The van der Waals surface area contributed by atoms with Crippen LogP contribution in [0.4, 0.5) is 4.79 Å². The van der Waals surface area contributed by atoms with E-state index in [1.807, 2.05) is 102 Å². The zero-order valence-corrected chi connectivity index (χ0v) is 27.8. The van der Waals surface area contributed by atoms with Gasteiger partial charge in [0.1, 0.15) is 6.61 Å². The van der Waals surface area contributed by atoms with Crippen molar-refractivity contribution in [3.05, 3.63) is 71.8 Å². The van der Waals surface area contributed by atoms with E-state index in [9.17, 15) is 9.59 Å². The van der Waals surface area contributed by atoms with Crippen molar-refractivity contribution in [3.8, 4) is 0 Å². The van der Waals surface area contributed by atoms with Crippen molar-refractivity contribution in [2.45, 2.75) is 126 Å². The summed E-state index contributed by atoms with van der Waals surface area (Å²) < 4.78 is 11.1. The van der Waals surface area contributed by atoms with E-state index in [2.05, 4.69) is 20.8 Å². The molecule has 5 nitrogen and oxygen atoms in total. The second kappa shape index (κ2) is 28.9. The molecule has 2 atom stereocenters. The van der Waals surface area contributed by atoms with Crippen LogP contribution in [0.3, 0.4) is 0 Å². The highest BCUT2D eigenvalue weighted by Gasteiger charge is 2.40. The molecule has 41 heavy (non-hydrogen) atoms. The number of ether oxygens (including phenoxy) is 2. The van der Waals surface area contributed by atoms with E-state index in [4.69, 9.17) is 9.47 Å². The van der Waals surface area contributed by atoms with E-state index in [1.54, 1.807) is 0 Å². The molecule has 0 saturated carbocycles. The zero-order valence-electron chi connectivity index (χ0n) is 27.8. The minimum absolute atomic E-state index is 0.122. The third-order valence-corrected chi connectivity index (χ3v) is 6.24. The molecule has 0 bridgehead atoms. The van der Waals surface area contributed by atoms with E-state index in [1.165, 1.54) is 17.7 Å². The molecular formula is C36H61NO4. The van der Waals surface area contributed by atoms with Crippen LogP contribution >= 0.6 is 0 Å². The van der Waals surface area contributed by atoms with Gasteiger partial charge in [0.05, 0.1) is 12.6 Å². The van der Waals surface area contributed by atoms with Gasteiger partial charge in [0.25, 0.3) is 0 Å². The highest BCUT2D eigenvalue weighted by molar-refractivity contribution is 5.94. The predicted molar refractivity (Wildman–Crippen MR) is 175 cm³/mol. The molecule has 5 heteroatoms. The number of nitrogens with zero attached hydrogens (tertiary/aromatic N) is 1. The topological polar surface area (TPSA) is 55.8 Å². The minimum Gasteiger partial charge on any atom is -0.447 e. The molecule has 1 saturated heterocycles. The Morgan fingerprint density at radius 3 is 1.85 bits per heavy atom. The van der Waals surface area contributed by atoms with Crippen molar-refractivity contribution < 1.29 is 19.1 Å². The molecule has 0 aliphatic carbocycles. The smallest absolute Gasteiger partial charge is 0.416 e. The van der Waals surface area contributed by atoms with Crippen molar-refractivity contribution >= 4 is 12.0 Å². The van der Waals surface area contributed by atoms with Crippen molar-refractivity contribution in [3.63, 3.8) is 0 Å². The molecule has 2 aromatic carbocycles. The molecule has 0 aromatic heterocycles. The number of cyclic esters (lactones) is 1. The molecule has 1 aliphatic rings. The number of benzene rings is 2. The fourth-order valence-electron chi connectivity index (χ4n) is 3.99. The fraction of sp³-hybridized carbons (Fsp3) is 0.611. The average molecular weight is 572 g/mol. The van der Waals surface area contributed by atoms with Gasteiger partial charge < -0.3 is 9.47 Å². The molecule has 3 rings (SSSR count). The normalized spacial score (nSPS) is 13.9. The Labute approximate surface area is 253 Å². The Morgan fingerprint density at radius 2 is 1.34 bits per heavy atom. The largest absolute Gasteiger partial charge is 0.447 e. The summed E-state index contributed by atoms with van der Waals surface area (Å²) in [5.74, 6) is -0.353. The quantitative estimate of drug-likeness (QED) is 0.224. The van der Waals surface area contributed by atoms with Gasteiger partial charge in [-0.25, -0.2) is 9.69 Å². The summed E-state index contributed by atoms with van der Waals surface area (Å²) >= 11 is 0. The van der Waals surface area contributed by atoms with Gasteiger partial charge in [0.15, 0.2) is 0 Å². The summed E-state index contributed by atoms with van der Waals surface area (Å²) in [5, 5.41) is 0. The van der Waals surface area contributed by atoms with E-state index < -0.39 is 6.09 Å². The number of amides is 2. The highest BCUT2D eigenvalue weighted by Crippen LogP contribution is 2.24. The molecule has 1 aliphatic heterocycles. The lowest BCUT2D eigenvalue weighted by molar-refractivity contribution is -0.134. The van der Waals surface area contributed by atoms with Crippen LogP contribution in [0.25, 0.3) is 0 Å². The van der Waals surface area contributed by atoms with E-state index in [-0.39, 0.29) is 24.5 Å². The monoisotopic (exact) mass is 571 g/mol. The minimum atomic E-state index is -0.517. The van der Waals surface area contributed by atoms with Crippen molar-refractivity contribution in [1.82, 2.24) is 4.90 Å². The van der Waals surface area contributed by atoms with Gasteiger partial charge in [-0.1, -0.05) is 155 Å². The number of hydrogen-bond donors (Lipinski definition) is 0. The van der Waals surface area contributed by atoms with Crippen LogP contribution in [0.1, 0.15) is 118 Å². The number of hydrogen-bond acceptors (Lipinski definition) is 4. The predicted octanol–water partition coefficient (Wildman–Crippen LogP) is 10.3. The molecule has 2 unspecified atom stereocenters. The Hall–Kier alpha value is -2.66. The first kappa shape index (κ1) is 40.5. The number of rotatable bonds is 13. The van der Waals surface area contributed by atoms with Gasteiger partial charge in [-0.05, 0) is 30.4 Å². The van der Waals surface area contributed by atoms with E-state index in [0.717, 1.165) is 36.8 Å². The first-order valence-electron chi connectivity index (χ1n) is 16.3. The van der Waals surface area contributed by atoms with Crippen molar-refractivity contribution in [2.24, 2.45) is 5.92 Å². The van der Waals surface area contributed by atoms with Crippen LogP contribution in [-0.2, 0) is 27.3 Å². The first-order valence-corrected chi connectivity index (χ1v) is 16.3. The average Bonchev–Trinajstić information content (AvgIpc) is 3.41. The molecule has 234 valence electrons. The summed E-state index contributed by atoms with van der Waals surface area (Å²) in [5.41, 5.74) is 2.21. The van der Waals surface area contributed by atoms with Crippen molar-refractivity contribution in [2.75, 3.05) is 13.2 Å². The van der Waals surface area contributed by atoms with Gasteiger partial charge in [-0.3, -0.25) is 4.79 Å². The summed E-state index contributed by atoms with van der Waals surface area (Å²) in [4.78, 5) is 27.2. The third-order valence-electron chi connectivity index (χ3n) is 6.24. The molecule has 1 fully saturated rings. The molecule has 1 heterocycles. The second-order valence-corrected chi connectivity index (χ2v) is 9.15. The lowest BCUT2D eigenvalue weighted by atomic mass is 9.95. The number of unbranched alkanes of at least 4 members (excludes halogenated alkanes) is 3. The molecule has 0 radical (unpaired) electrons. The zero-order chi connectivity index (χ0) is 31.3. The van der Waals surface area contributed by atoms with Crippen LogP contribution in [0.2, 0.25) is 0 Å². The standard InChI is InChI=1S/C26H33NO4.C4H10.3C2H6/c1-2-3-6-15-23(16-17-30-19-22-13-9-5-10-14-22)25(28)27-24(20-31-26(27)29)18-21-11-7-4-8-12-21;1-3-4-2;3*1-2/h4-5,7-14,23-24H,2-3,6,15-20H2,1H3;3-4H2,1-2H3;3*1-2H3. The maximum Gasteiger partial charge on any atom is 0.416 e. The summed E-state index contributed by atoms with van der Waals surface area (Å²) in [6.07, 6.45) is 7.25. The van der Waals surface area contributed by atoms with Crippen LogP contribution in [0, 0.1) is 5.92 Å². The molecule has 2 amide bonds. The van der Waals surface area contributed by atoms with Crippen LogP contribution in [0.15, 0.2) is 60.7 Å². The maximum absolute atomic E-state index is 13.4. The highest BCUT2D eigenvalue weighted by atomic mass is 16.6. The third kappa shape index (κ3) is 17.7. The van der Waals surface area contributed by atoms with E-state index in [0.29, 0.717) is 26.1 Å². The van der Waals surface area contributed by atoms with Gasteiger partial charge in [-0.15, -0.1) is 0 Å². The first-order chi connectivity index (χ1) is 20.1.